The lowest BCUT2D eigenvalue weighted by atomic mass is 9.52. The normalized spacial score (nSPS) is 56.8. The Morgan fingerprint density at radius 3 is 1.00 bits per heavy atom. The number of rotatable bonds is 0. The molecule has 0 aromatic heterocycles. The van der Waals surface area contributed by atoms with Crippen molar-refractivity contribution in [3.63, 3.8) is 0 Å². The summed E-state index contributed by atoms with van der Waals surface area (Å²) in [6.45, 7) is 7.51. The average Bonchev–Trinajstić information content (AvgIpc) is 2.14. The summed E-state index contributed by atoms with van der Waals surface area (Å²) in [5, 5.41) is 0. The van der Waals surface area contributed by atoms with E-state index >= 15 is 0 Å². The molecule has 0 spiro atoms. The smallest absolute Gasteiger partial charge is 0.0328 e. The first-order valence-corrected chi connectivity index (χ1v) is 7.63. The van der Waals surface area contributed by atoms with Gasteiger partial charge in [0.25, 0.3) is 0 Å². The molecule has 0 nitrogen and oxygen atoms in total. The summed E-state index contributed by atoms with van der Waals surface area (Å²) in [6, 6.07) is 0. The molecular weight excluding hydrogens is 192 g/mol. The molecule has 92 valence electrons. The first-order chi connectivity index (χ1) is 7.63. The Hall–Kier alpha value is 0. The van der Waals surface area contributed by atoms with Crippen LogP contribution in [0, 0.1) is 41.4 Å². The van der Waals surface area contributed by atoms with Crippen molar-refractivity contribution in [3.05, 3.63) is 0 Å². The van der Waals surface area contributed by atoms with Gasteiger partial charge in [-0.2, -0.15) is 0 Å². The Kier molecular flexibility index (Phi) is 2.80. The van der Waals surface area contributed by atoms with Crippen molar-refractivity contribution in [1.29, 1.82) is 0 Å². The standard InChI is InChI=1S/C16H28/c1-10-4-13-6-11(2)8-15-9-12(3)7-14(5-10)16(13)15/h10-16H,4-9H2,1-3H3. The van der Waals surface area contributed by atoms with Gasteiger partial charge in [0.1, 0.15) is 0 Å². The highest BCUT2D eigenvalue weighted by atomic mass is 14.5. The Labute approximate surface area is 101 Å². The highest BCUT2D eigenvalue weighted by molar-refractivity contribution is 4.96. The van der Waals surface area contributed by atoms with E-state index in [1.807, 2.05) is 0 Å². The summed E-state index contributed by atoms with van der Waals surface area (Å²) in [6.07, 6.45) is 9.31. The van der Waals surface area contributed by atoms with E-state index in [2.05, 4.69) is 20.8 Å². The fourth-order valence-corrected chi connectivity index (χ4v) is 5.78. The van der Waals surface area contributed by atoms with Crippen molar-refractivity contribution >= 4 is 0 Å². The fraction of sp³-hybridized carbons (Fsp3) is 1.00. The van der Waals surface area contributed by atoms with Gasteiger partial charge < -0.3 is 0 Å². The van der Waals surface area contributed by atoms with Gasteiger partial charge in [-0.05, 0) is 80.0 Å². The third-order valence-corrected chi connectivity index (χ3v) is 5.86. The molecule has 0 aromatic rings. The molecule has 0 heteroatoms. The van der Waals surface area contributed by atoms with Gasteiger partial charge in [-0.3, -0.25) is 0 Å². The Morgan fingerprint density at radius 1 is 0.500 bits per heavy atom. The van der Waals surface area contributed by atoms with Crippen molar-refractivity contribution in [1.82, 2.24) is 0 Å². The van der Waals surface area contributed by atoms with E-state index < -0.39 is 0 Å². The zero-order valence-electron chi connectivity index (χ0n) is 11.3. The molecule has 0 aliphatic heterocycles. The predicted octanol–water partition coefficient (Wildman–Crippen LogP) is 4.74. The number of hydrogen-bond donors (Lipinski definition) is 0. The van der Waals surface area contributed by atoms with E-state index in [0.717, 1.165) is 41.4 Å². The van der Waals surface area contributed by atoms with Crippen LogP contribution in [0.2, 0.25) is 0 Å². The van der Waals surface area contributed by atoms with Gasteiger partial charge in [0, 0.05) is 0 Å². The van der Waals surface area contributed by atoms with Gasteiger partial charge in [0.2, 0.25) is 0 Å². The topological polar surface area (TPSA) is 0 Å². The van der Waals surface area contributed by atoms with Crippen LogP contribution in [0.25, 0.3) is 0 Å². The van der Waals surface area contributed by atoms with Crippen LogP contribution in [-0.4, -0.2) is 0 Å². The van der Waals surface area contributed by atoms with Crippen LogP contribution in [0.4, 0.5) is 0 Å². The predicted molar refractivity (Wildman–Crippen MR) is 69.2 cm³/mol. The quantitative estimate of drug-likeness (QED) is 0.553. The summed E-state index contributed by atoms with van der Waals surface area (Å²) >= 11 is 0. The van der Waals surface area contributed by atoms with E-state index in [9.17, 15) is 0 Å². The lowest BCUT2D eigenvalue weighted by Crippen LogP contribution is -2.45. The lowest BCUT2D eigenvalue weighted by Gasteiger charge is -2.54. The van der Waals surface area contributed by atoms with Crippen LogP contribution >= 0.6 is 0 Å². The third kappa shape index (κ3) is 1.83. The summed E-state index contributed by atoms with van der Waals surface area (Å²) in [4.78, 5) is 0. The molecule has 0 aromatic carbocycles. The van der Waals surface area contributed by atoms with Gasteiger partial charge in [0.05, 0.1) is 0 Å². The maximum absolute atomic E-state index is 2.50. The number of hydrogen-bond acceptors (Lipinski definition) is 0. The molecule has 0 atom stereocenters. The molecule has 0 amide bonds. The summed E-state index contributed by atoms with van der Waals surface area (Å²) in [5.74, 6) is 7.51. The lowest BCUT2D eigenvalue weighted by molar-refractivity contribution is -0.0402. The molecule has 3 fully saturated rings. The average molecular weight is 220 g/mol. The van der Waals surface area contributed by atoms with Crippen LogP contribution in [0.1, 0.15) is 59.3 Å². The van der Waals surface area contributed by atoms with Gasteiger partial charge in [-0.25, -0.2) is 0 Å². The fourth-order valence-electron chi connectivity index (χ4n) is 5.78. The molecular formula is C16H28. The molecule has 16 heavy (non-hydrogen) atoms. The molecule has 3 aliphatic carbocycles. The monoisotopic (exact) mass is 220 g/mol. The zero-order chi connectivity index (χ0) is 11.3. The van der Waals surface area contributed by atoms with Gasteiger partial charge in [0.15, 0.2) is 0 Å². The van der Waals surface area contributed by atoms with Crippen LogP contribution < -0.4 is 0 Å². The maximum Gasteiger partial charge on any atom is -0.0328 e. The Morgan fingerprint density at radius 2 is 0.750 bits per heavy atom. The van der Waals surface area contributed by atoms with E-state index in [0.29, 0.717) is 0 Å². The molecule has 3 saturated carbocycles. The highest BCUT2D eigenvalue weighted by Crippen LogP contribution is 2.56. The Bertz CT molecular complexity index is 196. The minimum absolute atomic E-state index is 1.02. The zero-order valence-corrected chi connectivity index (χ0v) is 11.3. The van der Waals surface area contributed by atoms with Gasteiger partial charge >= 0.3 is 0 Å². The van der Waals surface area contributed by atoms with Gasteiger partial charge in [-0.15, -0.1) is 0 Å². The molecule has 0 heterocycles. The van der Waals surface area contributed by atoms with Crippen molar-refractivity contribution in [2.45, 2.75) is 59.3 Å². The Balaban J connectivity index is 1.83. The van der Waals surface area contributed by atoms with Crippen molar-refractivity contribution in [2.24, 2.45) is 41.4 Å². The third-order valence-electron chi connectivity index (χ3n) is 5.86. The summed E-state index contributed by atoms with van der Waals surface area (Å²) < 4.78 is 0. The molecule has 0 bridgehead atoms. The van der Waals surface area contributed by atoms with Crippen molar-refractivity contribution in [3.8, 4) is 0 Å². The largest absolute Gasteiger partial charge is 0.0625 e. The van der Waals surface area contributed by atoms with E-state index in [1.54, 1.807) is 38.5 Å². The van der Waals surface area contributed by atoms with E-state index in [-0.39, 0.29) is 0 Å². The minimum atomic E-state index is 1.02. The molecule has 0 unspecified atom stereocenters. The van der Waals surface area contributed by atoms with Crippen LogP contribution in [-0.2, 0) is 0 Å². The first-order valence-electron chi connectivity index (χ1n) is 7.63. The molecule has 0 radical (unpaired) electrons. The maximum atomic E-state index is 2.50. The second-order valence-electron chi connectivity index (χ2n) is 7.59. The minimum Gasteiger partial charge on any atom is -0.0625 e. The van der Waals surface area contributed by atoms with Crippen molar-refractivity contribution in [2.75, 3.05) is 0 Å². The first kappa shape index (κ1) is 11.1. The SMILES string of the molecule is CC1CC2CC(C)CC3CC(C)CC(C1)C23. The second-order valence-corrected chi connectivity index (χ2v) is 7.59. The molecule has 3 aliphatic rings. The van der Waals surface area contributed by atoms with Crippen LogP contribution in [0.15, 0.2) is 0 Å². The molecule has 0 saturated heterocycles. The van der Waals surface area contributed by atoms with Crippen LogP contribution in [0.5, 0.6) is 0 Å². The second kappa shape index (κ2) is 4.03. The summed E-state index contributed by atoms with van der Waals surface area (Å²) in [7, 11) is 0. The van der Waals surface area contributed by atoms with Gasteiger partial charge in [-0.1, -0.05) is 20.8 Å². The highest BCUT2D eigenvalue weighted by Gasteiger charge is 2.47. The molecule has 3 rings (SSSR count). The van der Waals surface area contributed by atoms with Crippen LogP contribution in [0.3, 0.4) is 0 Å². The van der Waals surface area contributed by atoms with E-state index in [1.165, 1.54) is 0 Å². The van der Waals surface area contributed by atoms with Crippen molar-refractivity contribution < 1.29 is 0 Å². The molecule has 0 N–H and O–H groups in total. The van der Waals surface area contributed by atoms with E-state index in [4.69, 9.17) is 0 Å². The summed E-state index contributed by atoms with van der Waals surface area (Å²) in [5.41, 5.74) is 0.